The molecule has 3 heterocycles. The Kier molecular flexibility index (Phi) is 4.17. The standard InChI is InChI=1S/C19H28N2O3/c1-14-6-8-24-17(14)18(22)21-12-19(13-21)9-16(5-7-20(19)2)11-23-10-15-3-4-15/h6,8,15-16H,3-5,7,9-13H2,1-2H3. The van der Waals surface area contributed by atoms with Gasteiger partial charge in [-0.1, -0.05) is 0 Å². The van der Waals surface area contributed by atoms with Crippen LogP contribution in [0.3, 0.4) is 0 Å². The topological polar surface area (TPSA) is 45.9 Å². The average Bonchev–Trinajstić information content (AvgIpc) is 3.25. The average molecular weight is 332 g/mol. The molecule has 5 nitrogen and oxygen atoms in total. The number of aryl methyl sites for hydroxylation is 1. The summed E-state index contributed by atoms with van der Waals surface area (Å²) in [5, 5.41) is 0. The number of amides is 1. The van der Waals surface area contributed by atoms with Gasteiger partial charge in [0.05, 0.1) is 11.8 Å². The number of hydrogen-bond donors (Lipinski definition) is 0. The van der Waals surface area contributed by atoms with Crippen molar-refractivity contribution < 1.29 is 13.9 Å². The fourth-order valence-electron chi connectivity index (χ4n) is 4.15. The van der Waals surface area contributed by atoms with E-state index < -0.39 is 0 Å². The molecule has 132 valence electrons. The van der Waals surface area contributed by atoms with Gasteiger partial charge < -0.3 is 14.1 Å². The number of carbonyl (C=O) groups is 1. The number of nitrogens with zero attached hydrogens (tertiary/aromatic N) is 2. The summed E-state index contributed by atoms with van der Waals surface area (Å²) >= 11 is 0. The zero-order valence-corrected chi connectivity index (χ0v) is 14.8. The molecular weight excluding hydrogens is 304 g/mol. The van der Waals surface area contributed by atoms with Crippen molar-refractivity contribution in [3.63, 3.8) is 0 Å². The van der Waals surface area contributed by atoms with Crippen LogP contribution < -0.4 is 0 Å². The summed E-state index contributed by atoms with van der Waals surface area (Å²) < 4.78 is 11.3. The Labute approximate surface area is 143 Å². The SMILES string of the molecule is Cc1ccoc1C(=O)N1CC2(CC(COCC3CC3)CCN2C)C1. The van der Waals surface area contributed by atoms with Crippen molar-refractivity contribution in [1.29, 1.82) is 0 Å². The van der Waals surface area contributed by atoms with Gasteiger partial charge in [0.25, 0.3) is 5.91 Å². The van der Waals surface area contributed by atoms with Gasteiger partial charge in [0.15, 0.2) is 5.76 Å². The van der Waals surface area contributed by atoms with Crippen molar-refractivity contribution in [2.24, 2.45) is 11.8 Å². The third-order valence-corrected chi connectivity index (χ3v) is 6.07. The number of likely N-dealkylation sites (tertiary alicyclic amines) is 2. The Morgan fingerprint density at radius 2 is 2.04 bits per heavy atom. The molecule has 0 aromatic carbocycles. The van der Waals surface area contributed by atoms with Gasteiger partial charge >= 0.3 is 0 Å². The van der Waals surface area contributed by atoms with Crippen LogP contribution in [-0.4, -0.2) is 61.1 Å². The summed E-state index contributed by atoms with van der Waals surface area (Å²) in [7, 11) is 2.20. The number of furan rings is 1. The summed E-state index contributed by atoms with van der Waals surface area (Å²) in [6, 6.07) is 1.85. The van der Waals surface area contributed by atoms with Crippen molar-refractivity contribution in [1.82, 2.24) is 9.80 Å². The molecule has 1 saturated carbocycles. The summed E-state index contributed by atoms with van der Waals surface area (Å²) in [5.41, 5.74) is 1.06. The van der Waals surface area contributed by atoms with E-state index in [1.807, 2.05) is 17.9 Å². The second kappa shape index (κ2) is 6.19. The lowest BCUT2D eigenvalue weighted by Crippen LogP contribution is -2.72. The number of ether oxygens (including phenoxy) is 1. The summed E-state index contributed by atoms with van der Waals surface area (Å²) in [4.78, 5) is 16.9. The third kappa shape index (κ3) is 3.00. The van der Waals surface area contributed by atoms with E-state index in [1.54, 1.807) is 6.26 Å². The maximum absolute atomic E-state index is 12.6. The highest BCUT2D eigenvalue weighted by atomic mass is 16.5. The highest BCUT2D eigenvalue weighted by molar-refractivity contribution is 5.93. The van der Waals surface area contributed by atoms with Gasteiger partial charge in [0, 0.05) is 31.9 Å². The number of carbonyl (C=O) groups excluding carboxylic acids is 1. The second-order valence-corrected chi connectivity index (χ2v) is 8.08. The highest BCUT2D eigenvalue weighted by Crippen LogP contribution is 2.39. The van der Waals surface area contributed by atoms with Crippen molar-refractivity contribution in [3.8, 4) is 0 Å². The first-order valence-corrected chi connectivity index (χ1v) is 9.20. The molecule has 1 aromatic rings. The lowest BCUT2D eigenvalue weighted by molar-refractivity contribution is -0.0768. The van der Waals surface area contributed by atoms with Crippen LogP contribution in [0.2, 0.25) is 0 Å². The van der Waals surface area contributed by atoms with Crippen LogP contribution in [0, 0.1) is 18.8 Å². The first-order valence-electron chi connectivity index (χ1n) is 9.20. The number of likely N-dealkylation sites (N-methyl/N-ethyl adjacent to an activating group) is 1. The Balaban J connectivity index is 1.33. The van der Waals surface area contributed by atoms with E-state index in [1.165, 1.54) is 19.3 Å². The maximum atomic E-state index is 12.6. The molecule has 1 atom stereocenters. The number of rotatable bonds is 5. The molecule has 2 saturated heterocycles. The Morgan fingerprint density at radius 3 is 2.71 bits per heavy atom. The molecule has 24 heavy (non-hydrogen) atoms. The monoisotopic (exact) mass is 332 g/mol. The number of piperidine rings is 1. The highest BCUT2D eigenvalue weighted by Gasteiger charge is 2.51. The van der Waals surface area contributed by atoms with E-state index >= 15 is 0 Å². The summed E-state index contributed by atoms with van der Waals surface area (Å²) in [5.74, 6) is 1.98. The van der Waals surface area contributed by atoms with Gasteiger partial charge in [-0.25, -0.2) is 0 Å². The fourth-order valence-corrected chi connectivity index (χ4v) is 4.15. The van der Waals surface area contributed by atoms with E-state index in [9.17, 15) is 4.79 Å². The van der Waals surface area contributed by atoms with Gasteiger partial charge in [-0.05, 0) is 64.1 Å². The van der Waals surface area contributed by atoms with Crippen molar-refractivity contribution in [2.45, 2.75) is 38.1 Å². The molecule has 3 fully saturated rings. The predicted octanol–water partition coefficient (Wildman–Crippen LogP) is 2.55. The molecule has 0 bridgehead atoms. The molecule has 4 rings (SSSR count). The Morgan fingerprint density at radius 1 is 1.29 bits per heavy atom. The Bertz CT molecular complexity index is 602. The second-order valence-electron chi connectivity index (χ2n) is 8.08. The summed E-state index contributed by atoms with van der Waals surface area (Å²) in [6.45, 7) is 6.47. The fraction of sp³-hybridized carbons (Fsp3) is 0.737. The lowest BCUT2D eigenvalue weighted by atomic mass is 9.75. The zero-order valence-electron chi connectivity index (χ0n) is 14.8. The van der Waals surface area contributed by atoms with Gasteiger partial charge in [-0.15, -0.1) is 0 Å². The van der Waals surface area contributed by atoms with Gasteiger partial charge in [0.1, 0.15) is 0 Å². The van der Waals surface area contributed by atoms with E-state index in [0.29, 0.717) is 11.7 Å². The quantitative estimate of drug-likeness (QED) is 0.831. The molecule has 1 spiro atoms. The van der Waals surface area contributed by atoms with Crippen molar-refractivity contribution >= 4 is 5.91 Å². The minimum Gasteiger partial charge on any atom is -0.459 e. The van der Waals surface area contributed by atoms with Crippen LogP contribution in [-0.2, 0) is 4.74 Å². The molecule has 3 aliphatic rings. The van der Waals surface area contributed by atoms with Crippen LogP contribution in [0.4, 0.5) is 0 Å². The lowest BCUT2D eigenvalue weighted by Gasteiger charge is -2.58. The van der Waals surface area contributed by atoms with Crippen LogP contribution in [0.25, 0.3) is 0 Å². The summed E-state index contributed by atoms with van der Waals surface area (Å²) in [6.07, 6.45) is 6.63. The van der Waals surface area contributed by atoms with Gasteiger partial charge in [0.2, 0.25) is 0 Å². The van der Waals surface area contributed by atoms with E-state index in [-0.39, 0.29) is 11.4 Å². The molecule has 1 unspecified atom stereocenters. The Hall–Kier alpha value is -1.33. The van der Waals surface area contributed by atoms with E-state index in [0.717, 1.165) is 50.8 Å². The minimum absolute atomic E-state index is 0.0311. The molecule has 5 heteroatoms. The van der Waals surface area contributed by atoms with Crippen LogP contribution >= 0.6 is 0 Å². The van der Waals surface area contributed by atoms with Gasteiger partial charge in [-0.2, -0.15) is 0 Å². The molecular formula is C19H28N2O3. The van der Waals surface area contributed by atoms with E-state index in [4.69, 9.17) is 9.15 Å². The van der Waals surface area contributed by atoms with Crippen molar-refractivity contribution in [2.75, 3.05) is 39.9 Å². The molecule has 0 N–H and O–H groups in total. The maximum Gasteiger partial charge on any atom is 0.289 e. The first-order chi connectivity index (χ1) is 11.6. The van der Waals surface area contributed by atoms with Crippen molar-refractivity contribution in [3.05, 3.63) is 23.7 Å². The van der Waals surface area contributed by atoms with E-state index in [2.05, 4.69) is 11.9 Å². The molecule has 2 aliphatic heterocycles. The van der Waals surface area contributed by atoms with Crippen LogP contribution in [0.5, 0.6) is 0 Å². The van der Waals surface area contributed by atoms with Crippen LogP contribution in [0.1, 0.15) is 41.8 Å². The largest absolute Gasteiger partial charge is 0.459 e. The molecule has 0 radical (unpaired) electrons. The molecule has 1 aliphatic carbocycles. The zero-order chi connectivity index (χ0) is 16.7. The normalized spacial score (nSPS) is 26.6. The number of hydrogen-bond acceptors (Lipinski definition) is 4. The molecule has 1 amide bonds. The predicted molar refractivity (Wildman–Crippen MR) is 91.0 cm³/mol. The third-order valence-electron chi connectivity index (χ3n) is 6.07. The minimum atomic E-state index is 0.0311. The smallest absolute Gasteiger partial charge is 0.289 e. The molecule has 1 aromatic heterocycles. The van der Waals surface area contributed by atoms with Crippen LogP contribution in [0.15, 0.2) is 16.7 Å². The van der Waals surface area contributed by atoms with Gasteiger partial charge in [-0.3, -0.25) is 9.69 Å². The first kappa shape index (κ1) is 16.2.